The van der Waals surface area contributed by atoms with Gasteiger partial charge in [-0.25, -0.2) is 15.0 Å². The quantitative estimate of drug-likeness (QED) is 0.809. The first kappa shape index (κ1) is 9.97. The molecule has 0 saturated heterocycles. The number of aromatic nitrogens is 4. The van der Waals surface area contributed by atoms with Gasteiger partial charge in [-0.05, 0) is 22.0 Å². The van der Waals surface area contributed by atoms with Crippen LogP contribution in [0, 0.1) is 0 Å². The molecule has 0 aliphatic rings. The Kier molecular flexibility index (Phi) is 2.86. The van der Waals surface area contributed by atoms with Gasteiger partial charge in [-0.2, -0.15) is 0 Å². The number of hydrogen-bond donors (Lipinski definition) is 0. The summed E-state index contributed by atoms with van der Waals surface area (Å²) < 4.78 is 1.88. The summed E-state index contributed by atoms with van der Waals surface area (Å²) >= 11 is 3.12. The molecule has 0 N–H and O–H groups in total. The third-order valence-electron chi connectivity index (χ3n) is 1.79. The average molecular weight is 267 g/mol. The van der Waals surface area contributed by atoms with Gasteiger partial charge in [0.25, 0.3) is 5.56 Å². The van der Waals surface area contributed by atoms with Crippen LogP contribution < -0.4 is 5.56 Å². The normalized spacial score (nSPS) is 10.2. The Morgan fingerprint density at radius 2 is 2.07 bits per heavy atom. The maximum Gasteiger partial charge on any atom is 0.268 e. The second-order valence-electron chi connectivity index (χ2n) is 2.84. The van der Waals surface area contributed by atoms with Crippen LogP contribution in [0.1, 0.15) is 5.82 Å². The molecule has 2 rings (SSSR count). The maximum atomic E-state index is 11.6. The largest absolute Gasteiger partial charge is 0.291 e. The molecule has 0 bridgehead atoms. The fourth-order valence-electron chi connectivity index (χ4n) is 1.10. The summed E-state index contributed by atoms with van der Waals surface area (Å²) in [6.07, 6.45) is 6.20. The van der Waals surface area contributed by atoms with E-state index in [1.165, 1.54) is 17.1 Å². The molecule has 2 heterocycles. The second kappa shape index (κ2) is 4.31. The lowest BCUT2D eigenvalue weighted by atomic mass is 10.5. The fraction of sp³-hybridized carbons (Fsp3) is 0.111. The van der Waals surface area contributed by atoms with Crippen LogP contribution in [0.25, 0.3) is 0 Å². The molecule has 0 amide bonds. The minimum Gasteiger partial charge on any atom is -0.291 e. The SMILES string of the molecule is O=c1c(Br)cncn1Cc1ncccn1. The number of hydrogen-bond acceptors (Lipinski definition) is 4. The van der Waals surface area contributed by atoms with Crippen LogP contribution in [0.3, 0.4) is 0 Å². The Morgan fingerprint density at radius 1 is 1.33 bits per heavy atom. The smallest absolute Gasteiger partial charge is 0.268 e. The first-order valence-corrected chi connectivity index (χ1v) is 5.02. The molecule has 0 aliphatic heterocycles. The van der Waals surface area contributed by atoms with E-state index in [0.717, 1.165) is 0 Å². The molecule has 0 saturated carbocycles. The van der Waals surface area contributed by atoms with Crippen molar-refractivity contribution < 1.29 is 0 Å². The van der Waals surface area contributed by atoms with Crippen molar-refractivity contribution in [1.29, 1.82) is 0 Å². The van der Waals surface area contributed by atoms with Crippen molar-refractivity contribution in [3.8, 4) is 0 Å². The second-order valence-corrected chi connectivity index (χ2v) is 3.69. The van der Waals surface area contributed by atoms with Crippen LogP contribution in [-0.2, 0) is 6.54 Å². The highest BCUT2D eigenvalue weighted by molar-refractivity contribution is 9.10. The van der Waals surface area contributed by atoms with Crippen molar-refractivity contribution in [2.75, 3.05) is 0 Å². The third kappa shape index (κ3) is 2.27. The van der Waals surface area contributed by atoms with Crippen LogP contribution in [0.15, 0.2) is 40.3 Å². The molecule has 0 atom stereocenters. The van der Waals surface area contributed by atoms with Gasteiger partial charge < -0.3 is 0 Å². The van der Waals surface area contributed by atoms with Gasteiger partial charge in [-0.15, -0.1) is 0 Å². The first-order chi connectivity index (χ1) is 7.27. The van der Waals surface area contributed by atoms with Gasteiger partial charge in [-0.3, -0.25) is 9.36 Å². The summed E-state index contributed by atoms with van der Waals surface area (Å²) in [6.45, 7) is 0.326. The van der Waals surface area contributed by atoms with Gasteiger partial charge in [0.15, 0.2) is 0 Å². The molecule has 0 aliphatic carbocycles. The van der Waals surface area contributed by atoms with Gasteiger partial charge in [-0.1, -0.05) is 0 Å². The molecule has 2 aromatic rings. The van der Waals surface area contributed by atoms with Crippen molar-refractivity contribution in [3.05, 3.63) is 51.6 Å². The molecule has 0 unspecified atom stereocenters. The third-order valence-corrected chi connectivity index (χ3v) is 2.33. The van der Waals surface area contributed by atoms with E-state index in [4.69, 9.17) is 0 Å². The van der Waals surface area contributed by atoms with Gasteiger partial charge in [0.2, 0.25) is 0 Å². The Hall–Kier alpha value is -1.56. The summed E-state index contributed by atoms with van der Waals surface area (Å²) in [5.41, 5.74) is -0.141. The zero-order valence-corrected chi connectivity index (χ0v) is 9.25. The summed E-state index contributed by atoms with van der Waals surface area (Å²) in [5, 5.41) is 0. The van der Waals surface area contributed by atoms with E-state index in [1.54, 1.807) is 18.5 Å². The number of halogens is 1. The first-order valence-electron chi connectivity index (χ1n) is 4.23. The van der Waals surface area contributed by atoms with Crippen LogP contribution in [0.2, 0.25) is 0 Å². The fourth-order valence-corrected chi connectivity index (χ4v) is 1.45. The molecule has 0 radical (unpaired) electrons. The Balaban J connectivity index is 2.33. The summed E-state index contributed by atoms with van der Waals surface area (Å²) in [6, 6.07) is 1.73. The molecule has 0 fully saturated rings. The predicted molar refractivity (Wildman–Crippen MR) is 57.3 cm³/mol. The topological polar surface area (TPSA) is 60.7 Å². The van der Waals surface area contributed by atoms with E-state index in [9.17, 15) is 4.79 Å². The molecular weight excluding hydrogens is 260 g/mol. The minimum atomic E-state index is -0.141. The van der Waals surface area contributed by atoms with E-state index in [0.29, 0.717) is 16.8 Å². The highest BCUT2D eigenvalue weighted by atomic mass is 79.9. The lowest BCUT2D eigenvalue weighted by Crippen LogP contribution is -2.22. The molecule has 0 spiro atoms. The van der Waals surface area contributed by atoms with Crippen LogP contribution in [0.4, 0.5) is 0 Å². The monoisotopic (exact) mass is 266 g/mol. The summed E-state index contributed by atoms with van der Waals surface area (Å²) in [5.74, 6) is 0.583. The molecule has 15 heavy (non-hydrogen) atoms. The van der Waals surface area contributed by atoms with Gasteiger partial charge in [0.1, 0.15) is 10.3 Å². The molecule has 76 valence electrons. The Bertz CT molecular complexity index is 511. The van der Waals surface area contributed by atoms with E-state index < -0.39 is 0 Å². The standard InChI is InChI=1S/C9H7BrN4O/c10-7-4-11-6-14(9(7)15)5-8-12-2-1-3-13-8/h1-4,6H,5H2. The van der Waals surface area contributed by atoms with Crippen molar-refractivity contribution in [2.45, 2.75) is 6.54 Å². The number of nitrogens with zero attached hydrogens (tertiary/aromatic N) is 4. The maximum absolute atomic E-state index is 11.6. The van der Waals surface area contributed by atoms with Crippen molar-refractivity contribution in [2.24, 2.45) is 0 Å². The molecular formula is C9H7BrN4O. The summed E-state index contributed by atoms with van der Waals surface area (Å²) in [7, 11) is 0. The van der Waals surface area contributed by atoms with Crippen LogP contribution in [0.5, 0.6) is 0 Å². The van der Waals surface area contributed by atoms with Gasteiger partial charge >= 0.3 is 0 Å². The minimum absolute atomic E-state index is 0.141. The van der Waals surface area contributed by atoms with Gasteiger partial charge in [0.05, 0.1) is 12.9 Å². The van der Waals surface area contributed by atoms with E-state index in [1.807, 2.05) is 0 Å². The Labute approximate surface area is 94.0 Å². The van der Waals surface area contributed by atoms with Crippen molar-refractivity contribution >= 4 is 15.9 Å². The van der Waals surface area contributed by atoms with E-state index in [-0.39, 0.29) is 5.56 Å². The highest BCUT2D eigenvalue weighted by Crippen LogP contribution is 1.99. The summed E-state index contributed by atoms with van der Waals surface area (Å²) in [4.78, 5) is 23.6. The molecule has 6 heteroatoms. The lowest BCUT2D eigenvalue weighted by Gasteiger charge is -2.02. The number of rotatable bonds is 2. The average Bonchev–Trinajstić information content (AvgIpc) is 2.26. The van der Waals surface area contributed by atoms with Crippen LogP contribution in [-0.4, -0.2) is 19.5 Å². The molecule has 5 nitrogen and oxygen atoms in total. The zero-order valence-electron chi connectivity index (χ0n) is 7.67. The van der Waals surface area contributed by atoms with Crippen molar-refractivity contribution in [1.82, 2.24) is 19.5 Å². The molecule has 0 aromatic carbocycles. The Morgan fingerprint density at radius 3 is 2.80 bits per heavy atom. The lowest BCUT2D eigenvalue weighted by molar-refractivity contribution is 0.693. The zero-order chi connectivity index (χ0) is 10.7. The van der Waals surface area contributed by atoms with Crippen molar-refractivity contribution in [3.63, 3.8) is 0 Å². The molecule has 2 aromatic heterocycles. The van der Waals surface area contributed by atoms with Crippen LogP contribution >= 0.6 is 15.9 Å². The van der Waals surface area contributed by atoms with E-state index >= 15 is 0 Å². The van der Waals surface area contributed by atoms with Gasteiger partial charge in [0, 0.05) is 18.6 Å². The van der Waals surface area contributed by atoms with E-state index in [2.05, 4.69) is 30.9 Å². The predicted octanol–water partition coefficient (Wildman–Crippen LogP) is 0.844. The highest BCUT2D eigenvalue weighted by Gasteiger charge is 2.02.